The number of nitrogens with two attached hydrogens (primary N) is 1. The number of sulfonamides is 1. The molecule has 1 aliphatic heterocycles. The Bertz CT molecular complexity index is 538. The second kappa shape index (κ2) is 5.85. The molecule has 0 amide bonds. The fourth-order valence-electron chi connectivity index (χ4n) is 2.54. The van der Waals surface area contributed by atoms with E-state index in [4.69, 9.17) is 10.5 Å². The van der Waals surface area contributed by atoms with Gasteiger partial charge in [0.2, 0.25) is 10.0 Å². The molecule has 0 aromatic carbocycles. The van der Waals surface area contributed by atoms with Crippen LogP contribution in [0.1, 0.15) is 32.4 Å². The van der Waals surface area contributed by atoms with E-state index in [2.05, 4.69) is 4.72 Å². The fraction of sp³-hybridized carbons (Fsp3) is 0.692. The number of aromatic nitrogens is 1. The van der Waals surface area contributed by atoms with E-state index in [1.165, 1.54) is 0 Å². The van der Waals surface area contributed by atoms with Gasteiger partial charge in [-0.05, 0) is 32.8 Å². The summed E-state index contributed by atoms with van der Waals surface area (Å²) < 4.78 is 35.0. The zero-order valence-corrected chi connectivity index (χ0v) is 12.9. The smallest absolute Gasteiger partial charge is 0.242 e. The average Bonchev–Trinajstić information content (AvgIpc) is 2.82. The normalized spacial score (nSPS) is 23.9. The summed E-state index contributed by atoms with van der Waals surface area (Å²) in [6, 6.07) is 1.64. The van der Waals surface area contributed by atoms with Crippen molar-refractivity contribution in [3.05, 3.63) is 18.0 Å². The van der Waals surface area contributed by atoms with Crippen molar-refractivity contribution in [2.75, 3.05) is 13.2 Å². The van der Waals surface area contributed by atoms with E-state index in [1.54, 1.807) is 12.3 Å². The maximum Gasteiger partial charge on any atom is 0.242 e. The highest BCUT2D eigenvalue weighted by Crippen LogP contribution is 2.22. The quantitative estimate of drug-likeness (QED) is 0.843. The second-order valence-electron chi connectivity index (χ2n) is 5.48. The number of nitrogens with zero attached hydrogens (tertiary/aromatic N) is 1. The van der Waals surface area contributed by atoms with Crippen LogP contribution in [0.15, 0.2) is 17.2 Å². The highest BCUT2D eigenvalue weighted by atomic mass is 32.2. The molecular formula is C13H23N3O3S. The lowest BCUT2D eigenvalue weighted by Gasteiger charge is -2.33. The molecule has 1 unspecified atom stereocenters. The van der Waals surface area contributed by atoms with E-state index in [0.717, 1.165) is 18.5 Å². The minimum Gasteiger partial charge on any atom is -0.380 e. The van der Waals surface area contributed by atoms with Crippen molar-refractivity contribution in [2.24, 2.45) is 5.73 Å². The largest absolute Gasteiger partial charge is 0.380 e. The van der Waals surface area contributed by atoms with E-state index in [9.17, 15) is 8.42 Å². The Kier molecular flexibility index (Phi) is 4.53. The third-order valence-corrected chi connectivity index (χ3v) is 5.25. The topological polar surface area (TPSA) is 86.3 Å². The molecule has 0 saturated carbocycles. The molecule has 1 atom stereocenters. The van der Waals surface area contributed by atoms with Crippen molar-refractivity contribution < 1.29 is 13.2 Å². The van der Waals surface area contributed by atoms with Gasteiger partial charge in [0.1, 0.15) is 0 Å². The van der Waals surface area contributed by atoms with Crippen LogP contribution in [0.25, 0.3) is 0 Å². The van der Waals surface area contributed by atoms with Gasteiger partial charge in [-0.15, -0.1) is 0 Å². The molecule has 0 bridgehead atoms. The molecule has 1 saturated heterocycles. The summed E-state index contributed by atoms with van der Waals surface area (Å²) in [4.78, 5) is 0.270. The molecule has 6 nitrogen and oxygen atoms in total. The third kappa shape index (κ3) is 3.22. The Morgan fingerprint density at radius 2 is 2.30 bits per heavy atom. The SMILES string of the molecule is CCn1cc(S(=O)(=O)NC2(C)CCCOC2)cc1CN. The van der Waals surface area contributed by atoms with Crippen LogP contribution in [-0.4, -0.2) is 31.7 Å². The first-order valence-corrected chi connectivity index (χ1v) is 8.39. The molecule has 1 aromatic rings. The number of aryl methyl sites for hydroxylation is 1. The zero-order valence-electron chi connectivity index (χ0n) is 12.1. The predicted octanol–water partition coefficient (Wildman–Crippen LogP) is 0.814. The molecule has 0 spiro atoms. The van der Waals surface area contributed by atoms with Gasteiger partial charge in [0.05, 0.1) is 17.0 Å². The first-order chi connectivity index (χ1) is 9.40. The van der Waals surface area contributed by atoms with Gasteiger partial charge in [0, 0.05) is 31.6 Å². The van der Waals surface area contributed by atoms with Gasteiger partial charge in [0.25, 0.3) is 0 Å². The van der Waals surface area contributed by atoms with Gasteiger partial charge >= 0.3 is 0 Å². The highest BCUT2D eigenvalue weighted by molar-refractivity contribution is 7.89. The van der Waals surface area contributed by atoms with Gasteiger partial charge in [-0.1, -0.05) is 0 Å². The van der Waals surface area contributed by atoms with Gasteiger partial charge in [-0.25, -0.2) is 13.1 Å². The molecule has 1 fully saturated rings. The van der Waals surface area contributed by atoms with E-state index in [0.29, 0.717) is 26.3 Å². The number of nitrogens with one attached hydrogen (secondary N) is 1. The summed E-state index contributed by atoms with van der Waals surface area (Å²) in [5.41, 5.74) is 5.92. The fourth-order valence-corrected chi connectivity index (χ4v) is 4.02. The third-order valence-electron chi connectivity index (χ3n) is 3.64. The van der Waals surface area contributed by atoms with Crippen LogP contribution in [0.3, 0.4) is 0 Å². The highest BCUT2D eigenvalue weighted by Gasteiger charge is 2.33. The molecule has 114 valence electrons. The van der Waals surface area contributed by atoms with Crippen molar-refractivity contribution in [1.29, 1.82) is 0 Å². The number of rotatable bonds is 5. The minimum atomic E-state index is -3.55. The van der Waals surface area contributed by atoms with Gasteiger partial charge in [0.15, 0.2) is 0 Å². The molecule has 20 heavy (non-hydrogen) atoms. The Hall–Kier alpha value is -0.890. The van der Waals surface area contributed by atoms with Crippen LogP contribution in [0, 0.1) is 0 Å². The monoisotopic (exact) mass is 301 g/mol. The summed E-state index contributed by atoms with van der Waals surface area (Å²) in [5.74, 6) is 0. The number of ether oxygens (including phenoxy) is 1. The van der Waals surface area contributed by atoms with Crippen LogP contribution in [0.2, 0.25) is 0 Å². The van der Waals surface area contributed by atoms with Crippen molar-refractivity contribution in [2.45, 2.75) is 50.2 Å². The van der Waals surface area contributed by atoms with Crippen molar-refractivity contribution in [3.63, 3.8) is 0 Å². The van der Waals surface area contributed by atoms with Crippen LogP contribution in [0.5, 0.6) is 0 Å². The molecule has 3 N–H and O–H groups in total. The second-order valence-corrected chi connectivity index (χ2v) is 7.16. The molecule has 1 aliphatic rings. The average molecular weight is 301 g/mol. The molecule has 2 heterocycles. The van der Waals surface area contributed by atoms with E-state index >= 15 is 0 Å². The number of hydrogen-bond acceptors (Lipinski definition) is 4. The van der Waals surface area contributed by atoms with Gasteiger partial charge in [-0.3, -0.25) is 0 Å². The number of hydrogen-bond donors (Lipinski definition) is 2. The molecular weight excluding hydrogens is 278 g/mol. The van der Waals surface area contributed by atoms with E-state index < -0.39 is 15.6 Å². The Balaban J connectivity index is 2.23. The molecule has 0 radical (unpaired) electrons. The van der Waals surface area contributed by atoms with Crippen LogP contribution in [-0.2, 0) is 27.8 Å². The lowest BCUT2D eigenvalue weighted by molar-refractivity contribution is 0.0386. The minimum absolute atomic E-state index is 0.270. The zero-order chi connectivity index (χ0) is 14.8. The molecule has 1 aromatic heterocycles. The summed E-state index contributed by atoms with van der Waals surface area (Å²) in [6.45, 7) is 5.96. The van der Waals surface area contributed by atoms with Crippen molar-refractivity contribution in [3.8, 4) is 0 Å². The Labute approximate surface area is 120 Å². The van der Waals surface area contributed by atoms with Crippen molar-refractivity contribution in [1.82, 2.24) is 9.29 Å². The first-order valence-electron chi connectivity index (χ1n) is 6.91. The summed E-state index contributed by atoms with van der Waals surface area (Å²) in [5, 5.41) is 0. The standard InChI is InChI=1S/C13H23N3O3S/c1-3-16-9-12(7-11(16)8-14)20(17,18)15-13(2)5-4-6-19-10-13/h7,9,15H,3-6,8,10,14H2,1-2H3. The summed E-state index contributed by atoms with van der Waals surface area (Å²) >= 11 is 0. The first kappa shape index (κ1) is 15.5. The van der Waals surface area contributed by atoms with Gasteiger partial charge < -0.3 is 15.0 Å². The van der Waals surface area contributed by atoms with Crippen LogP contribution < -0.4 is 10.5 Å². The van der Waals surface area contributed by atoms with Gasteiger partial charge in [-0.2, -0.15) is 0 Å². The lowest BCUT2D eigenvalue weighted by Crippen LogP contribution is -2.51. The van der Waals surface area contributed by atoms with E-state index in [1.807, 2.05) is 18.4 Å². The van der Waals surface area contributed by atoms with Crippen molar-refractivity contribution >= 4 is 10.0 Å². The maximum absolute atomic E-state index is 12.5. The molecule has 7 heteroatoms. The Morgan fingerprint density at radius 3 is 2.80 bits per heavy atom. The lowest BCUT2D eigenvalue weighted by atomic mass is 9.97. The summed E-state index contributed by atoms with van der Waals surface area (Å²) in [6.07, 6.45) is 3.28. The molecule has 0 aliphatic carbocycles. The maximum atomic E-state index is 12.5. The molecule has 2 rings (SSSR count). The Morgan fingerprint density at radius 1 is 1.55 bits per heavy atom. The predicted molar refractivity (Wildman–Crippen MR) is 76.8 cm³/mol. The van der Waals surface area contributed by atoms with Crippen LogP contribution >= 0.6 is 0 Å². The summed E-state index contributed by atoms with van der Waals surface area (Å²) in [7, 11) is -3.55. The van der Waals surface area contributed by atoms with E-state index in [-0.39, 0.29) is 4.90 Å². The van der Waals surface area contributed by atoms with Crippen LogP contribution in [0.4, 0.5) is 0 Å².